The van der Waals surface area contributed by atoms with Crippen molar-refractivity contribution in [2.75, 3.05) is 19.6 Å². The molecule has 114 valence electrons. The Bertz CT molecular complexity index is 431. The van der Waals surface area contributed by atoms with E-state index in [0.29, 0.717) is 25.9 Å². The highest BCUT2D eigenvalue weighted by molar-refractivity contribution is 5.92. The lowest BCUT2D eigenvalue weighted by molar-refractivity contribution is -0.140. The molecule has 0 bridgehead atoms. The molecule has 0 aliphatic heterocycles. The molecule has 0 atom stereocenters. The van der Waals surface area contributed by atoms with E-state index in [1.54, 1.807) is 4.57 Å². The summed E-state index contributed by atoms with van der Waals surface area (Å²) < 4.78 is 39.1. The number of unbranched alkanes of at least 4 members (excludes halogenated alkanes) is 1. The predicted octanol–water partition coefficient (Wildman–Crippen LogP) is 1.65. The first-order chi connectivity index (χ1) is 9.37. The van der Waals surface area contributed by atoms with Crippen molar-refractivity contribution in [2.45, 2.75) is 32.5 Å². The van der Waals surface area contributed by atoms with Crippen LogP contribution in [-0.2, 0) is 6.54 Å². The first-order valence-electron chi connectivity index (χ1n) is 6.45. The molecule has 2 N–H and O–H groups in total. The van der Waals surface area contributed by atoms with E-state index in [4.69, 9.17) is 5.73 Å². The first-order valence-corrected chi connectivity index (χ1v) is 6.45. The Morgan fingerprint density at radius 1 is 1.50 bits per heavy atom. The third-order valence-corrected chi connectivity index (χ3v) is 2.68. The number of hydrogen-bond acceptors (Lipinski definition) is 3. The predicted molar refractivity (Wildman–Crippen MR) is 68.1 cm³/mol. The fourth-order valence-corrected chi connectivity index (χ4v) is 1.72. The third kappa shape index (κ3) is 5.20. The molecule has 0 aliphatic rings. The van der Waals surface area contributed by atoms with Crippen LogP contribution in [0, 0.1) is 0 Å². The largest absolute Gasteiger partial charge is 0.406 e. The maximum atomic E-state index is 12.5. The van der Waals surface area contributed by atoms with Gasteiger partial charge in [-0.3, -0.25) is 4.79 Å². The van der Waals surface area contributed by atoms with Crippen molar-refractivity contribution in [3.63, 3.8) is 0 Å². The van der Waals surface area contributed by atoms with Gasteiger partial charge in [-0.2, -0.15) is 13.2 Å². The van der Waals surface area contributed by atoms with Crippen molar-refractivity contribution >= 4 is 5.91 Å². The number of rotatable bonds is 7. The van der Waals surface area contributed by atoms with Crippen molar-refractivity contribution in [3.8, 4) is 0 Å². The summed E-state index contributed by atoms with van der Waals surface area (Å²) in [5.41, 5.74) is 5.37. The van der Waals surface area contributed by atoms with E-state index in [9.17, 15) is 18.0 Å². The Hall–Kier alpha value is -1.57. The summed E-state index contributed by atoms with van der Waals surface area (Å²) in [4.78, 5) is 16.7. The smallest absolute Gasteiger partial charge is 0.335 e. The number of amides is 1. The minimum absolute atomic E-state index is 0.0128. The van der Waals surface area contributed by atoms with Crippen molar-refractivity contribution in [3.05, 3.63) is 18.2 Å². The number of hydrogen-bond donors (Lipinski definition) is 1. The standard InChI is InChI=1S/C12H19F3N4O/c1-2-3-5-19(8-12(13,14)15)11(20)10-7-18(6-4-16)9-17-10/h7,9H,2-6,8,16H2,1H3. The van der Waals surface area contributed by atoms with Crippen molar-refractivity contribution in [1.29, 1.82) is 0 Å². The highest BCUT2D eigenvalue weighted by Crippen LogP contribution is 2.18. The Labute approximate surface area is 115 Å². The normalized spacial score (nSPS) is 11.7. The van der Waals surface area contributed by atoms with Crippen LogP contribution in [0.1, 0.15) is 30.3 Å². The average Bonchev–Trinajstić information content (AvgIpc) is 2.81. The first kappa shape index (κ1) is 16.5. The molecule has 1 heterocycles. The number of carbonyl (C=O) groups excluding carboxylic acids is 1. The second-order valence-electron chi connectivity index (χ2n) is 4.48. The minimum Gasteiger partial charge on any atom is -0.335 e. The van der Waals surface area contributed by atoms with Gasteiger partial charge in [-0.25, -0.2) is 4.98 Å². The zero-order chi connectivity index (χ0) is 15.2. The molecule has 0 saturated heterocycles. The van der Waals surface area contributed by atoms with Crippen LogP contribution in [-0.4, -0.2) is 46.2 Å². The van der Waals surface area contributed by atoms with Gasteiger partial charge in [0.25, 0.3) is 5.91 Å². The molecule has 1 rings (SSSR count). The van der Waals surface area contributed by atoms with Gasteiger partial charge in [0, 0.05) is 25.8 Å². The van der Waals surface area contributed by atoms with Crippen molar-refractivity contribution < 1.29 is 18.0 Å². The molecule has 1 amide bonds. The van der Waals surface area contributed by atoms with E-state index < -0.39 is 18.6 Å². The molecule has 0 aromatic carbocycles. The van der Waals surface area contributed by atoms with Gasteiger partial charge >= 0.3 is 6.18 Å². The molecule has 1 aromatic heterocycles. The lowest BCUT2D eigenvalue weighted by Crippen LogP contribution is -2.39. The fraction of sp³-hybridized carbons (Fsp3) is 0.667. The molecule has 0 unspecified atom stereocenters. The molecule has 0 spiro atoms. The lowest BCUT2D eigenvalue weighted by atomic mass is 10.3. The zero-order valence-corrected chi connectivity index (χ0v) is 11.4. The summed E-state index contributed by atoms with van der Waals surface area (Å²) in [6.45, 7) is 1.50. The molecular formula is C12H19F3N4O. The molecule has 8 heteroatoms. The quantitative estimate of drug-likeness (QED) is 0.831. The third-order valence-electron chi connectivity index (χ3n) is 2.68. The summed E-state index contributed by atoms with van der Waals surface area (Å²) in [5.74, 6) is -0.702. The van der Waals surface area contributed by atoms with Crippen LogP contribution in [0.2, 0.25) is 0 Å². The molecule has 0 fully saturated rings. The van der Waals surface area contributed by atoms with Crippen molar-refractivity contribution in [2.24, 2.45) is 5.73 Å². The van der Waals surface area contributed by atoms with Crippen LogP contribution in [0.15, 0.2) is 12.5 Å². The van der Waals surface area contributed by atoms with Crippen LogP contribution in [0.25, 0.3) is 0 Å². The topological polar surface area (TPSA) is 64.2 Å². The van der Waals surface area contributed by atoms with E-state index in [0.717, 1.165) is 4.90 Å². The number of halogens is 3. The van der Waals surface area contributed by atoms with Crippen LogP contribution in [0.5, 0.6) is 0 Å². The summed E-state index contributed by atoms with van der Waals surface area (Å²) >= 11 is 0. The molecule has 20 heavy (non-hydrogen) atoms. The summed E-state index contributed by atoms with van der Waals surface area (Å²) in [7, 11) is 0. The number of carbonyl (C=O) groups is 1. The van der Waals surface area contributed by atoms with Gasteiger partial charge in [-0.05, 0) is 6.42 Å². The monoisotopic (exact) mass is 292 g/mol. The number of imidazole rings is 1. The Morgan fingerprint density at radius 2 is 2.20 bits per heavy atom. The summed E-state index contributed by atoms with van der Waals surface area (Å²) in [6.07, 6.45) is -0.367. The van der Waals surface area contributed by atoms with Gasteiger partial charge in [-0.15, -0.1) is 0 Å². The fourth-order valence-electron chi connectivity index (χ4n) is 1.72. The minimum atomic E-state index is -4.41. The SMILES string of the molecule is CCCCN(CC(F)(F)F)C(=O)c1cn(CCN)cn1. The number of alkyl halides is 3. The number of aromatic nitrogens is 2. The summed E-state index contributed by atoms with van der Waals surface area (Å²) in [5, 5.41) is 0. The van der Waals surface area contributed by atoms with Gasteiger partial charge in [0.15, 0.2) is 0 Å². The zero-order valence-electron chi connectivity index (χ0n) is 11.4. The number of nitrogens with two attached hydrogens (primary N) is 1. The number of nitrogens with zero attached hydrogens (tertiary/aromatic N) is 3. The maximum Gasteiger partial charge on any atom is 0.406 e. The van der Waals surface area contributed by atoms with Crippen LogP contribution in [0.4, 0.5) is 13.2 Å². The van der Waals surface area contributed by atoms with Gasteiger partial charge in [-0.1, -0.05) is 13.3 Å². The Balaban J connectivity index is 2.79. The van der Waals surface area contributed by atoms with Crippen LogP contribution < -0.4 is 5.73 Å². The van der Waals surface area contributed by atoms with E-state index in [1.165, 1.54) is 12.5 Å². The van der Waals surface area contributed by atoms with Gasteiger partial charge in [0.2, 0.25) is 0 Å². The van der Waals surface area contributed by atoms with E-state index in [-0.39, 0.29) is 12.2 Å². The molecular weight excluding hydrogens is 273 g/mol. The second kappa shape index (κ2) is 7.28. The highest BCUT2D eigenvalue weighted by atomic mass is 19.4. The lowest BCUT2D eigenvalue weighted by Gasteiger charge is -2.22. The molecule has 0 aliphatic carbocycles. The average molecular weight is 292 g/mol. The van der Waals surface area contributed by atoms with E-state index >= 15 is 0 Å². The van der Waals surface area contributed by atoms with Crippen molar-refractivity contribution in [1.82, 2.24) is 14.5 Å². The molecule has 0 saturated carbocycles. The van der Waals surface area contributed by atoms with E-state index in [1.807, 2.05) is 6.92 Å². The molecule has 0 radical (unpaired) electrons. The highest BCUT2D eigenvalue weighted by Gasteiger charge is 2.33. The van der Waals surface area contributed by atoms with Gasteiger partial charge in [0.05, 0.1) is 6.33 Å². The molecule has 1 aromatic rings. The Morgan fingerprint density at radius 3 is 2.75 bits per heavy atom. The van der Waals surface area contributed by atoms with Gasteiger partial charge in [0.1, 0.15) is 12.2 Å². The summed E-state index contributed by atoms with van der Waals surface area (Å²) in [6, 6.07) is 0. The van der Waals surface area contributed by atoms with E-state index in [2.05, 4.69) is 4.98 Å². The van der Waals surface area contributed by atoms with Crippen LogP contribution >= 0.6 is 0 Å². The van der Waals surface area contributed by atoms with Crippen LogP contribution in [0.3, 0.4) is 0 Å². The Kier molecular flexibility index (Phi) is 6.00. The van der Waals surface area contributed by atoms with Gasteiger partial charge < -0.3 is 15.2 Å². The molecule has 5 nitrogen and oxygen atoms in total. The second-order valence-corrected chi connectivity index (χ2v) is 4.48. The maximum absolute atomic E-state index is 12.5.